The Labute approximate surface area is 160 Å². The summed E-state index contributed by atoms with van der Waals surface area (Å²) in [4.78, 5) is 12.5. The first-order valence-corrected chi connectivity index (χ1v) is 10.3. The van der Waals surface area contributed by atoms with Crippen molar-refractivity contribution in [3.8, 4) is 5.69 Å². The van der Waals surface area contributed by atoms with Crippen molar-refractivity contribution < 1.29 is 12.8 Å². The normalized spacial score (nSPS) is 11.6. The Morgan fingerprint density at radius 1 is 1.14 bits per heavy atom. The second-order valence-corrected chi connectivity index (χ2v) is 8.30. The van der Waals surface area contributed by atoms with Crippen LogP contribution < -0.4 is 5.32 Å². The van der Waals surface area contributed by atoms with Gasteiger partial charge in [0.25, 0.3) is 0 Å². The van der Waals surface area contributed by atoms with Crippen LogP contribution >= 0.6 is 0 Å². The van der Waals surface area contributed by atoms with Gasteiger partial charge >= 0.3 is 0 Å². The number of aromatic nitrogens is 4. The lowest BCUT2D eigenvalue weighted by molar-refractivity contribution is 0.602. The van der Waals surface area contributed by atoms with Crippen molar-refractivity contribution in [2.24, 2.45) is 0 Å². The zero-order valence-electron chi connectivity index (χ0n) is 14.9. The van der Waals surface area contributed by atoms with E-state index >= 15 is 0 Å². The lowest BCUT2D eigenvalue weighted by Crippen LogP contribution is -2.05. The van der Waals surface area contributed by atoms with Crippen LogP contribution in [0.25, 0.3) is 16.6 Å². The van der Waals surface area contributed by atoms with Crippen molar-refractivity contribution in [3.63, 3.8) is 0 Å². The first kappa shape index (κ1) is 18.1. The van der Waals surface area contributed by atoms with Crippen molar-refractivity contribution >= 4 is 26.6 Å². The Bertz CT molecular complexity index is 1260. The molecule has 0 atom stereocenters. The van der Waals surface area contributed by atoms with Crippen molar-refractivity contribution in [3.05, 3.63) is 72.8 Å². The molecule has 0 saturated carbocycles. The molecule has 9 heteroatoms. The molecule has 142 valence electrons. The smallest absolute Gasteiger partial charge is 0.175 e. The molecule has 28 heavy (non-hydrogen) atoms. The molecule has 0 aliphatic carbocycles. The third-order valence-corrected chi connectivity index (χ3v) is 5.40. The van der Waals surface area contributed by atoms with Crippen LogP contribution in [-0.4, -0.2) is 34.2 Å². The number of nitrogens with zero attached hydrogens (tertiary/aromatic N) is 4. The number of hydrogen-bond acceptors (Lipinski definition) is 6. The Kier molecular flexibility index (Phi) is 4.52. The summed E-state index contributed by atoms with van der Waals surface area (Å²) in [5.74, 6) is 0.110. The van der Waals surface area contributed by atoms with Gasteiger partial charge in [0.2, 0.25) is 0 Å². The van der Waals surface area contributed by atoms with Crippen molar-refractivity contribution in [2.45, 2.75) is 11.4 Å². The van der Waals surface area contributed by atoms with Crippen LogP contribution in [0, 0.1) is 5.82 Å². The zero-order chi connectivity index (χ0) is 19.7. The van der Waals surface area contributed by atoms with E-state index in [1.165, 1.54) is 30.9 Å². The number of sulfone groups is 1. The Balaban J connectivity index is 1.61. The molecule has 2 aromatic carbocycles. The summed E-state index contributed by atoms with van der Waals surface area (Å²) >= 11 is 0. The van der Waals surface area contributed by atoms with Gasteiger partial charge in [-0.2, -0.15) is 0 Å². The maximum atomic E-state index is 14.4. The summed E-state index contributed by atoms with van der Waals surface area (Å²) in [6, 6.07) is 9.60. The van der Waals surface area contributed by atoms with E-state index in [0.29, 0.717) is 34.5 Å². The zero-order valence-corrected chi connectivity index (χ0v) is 15.7. The average Bonchev–Trinajstić information content (AvgIpc) is 3.19. The van der Waals surface area contributed by atoms with E-state index in [2.05, 4.69) is 20.3 Å². The topological polar surface area (TPSA) is 89.8 Å². The lowest BCUT2D eigenvalue weighted by Gasteiger charge is -2.11. The van der Waals surface area contributed by atoms with Gasteiger partial charge in [0, 0.05) is 30.6 Å². The average molecular weight is 397 g/mol. The van der Waals surface area contributed by atoms with Crippen LogP contribution in [0.3, 0.4) is 0 Å². The molecule has 0 saturated heterocycles. The molecule has 7 nitrogen and oxygen atoms in total. The molecule has 0 spiro atoms. The van der Waals surface area contributed by atoms with E-state index in [1.807, 2.05) is 0 Å². The monoisotopic (exact) mass is 397 g/mol. The highest BCUT2D eigenvalue weighted by Gasteiger charge is 2.11. The SMILES string of the molecule is CS(=O)(=O)c1ccc2ncnc(NCc3ccc(-n4ccnc4)c(F)c3)c2c1. The Morgan fingerprint density at radius 2 is 2.00 bits per heavy atom. The van der Waals surface area contributed by atoms with E-state index < -0.39 is 9.84 Å². The van der Waals surface area contributed by atoms with E-state index in [-0.39, 0.29) is 10.7 Å². The molecule has 4 rings (SSSR count). The maximum absolute atomic E-state index is 14.4. The van der Waals surface area contributed by atoms with Crippen molar-refractivity contribution in [2.75, 3.05) is 11.6 Å². The third kappa shape index (κ3) is 3.56. The van der Waals surface area contributed by atoms with Crippen LogP contribution in [0.2, 0.25) is 0 Å². The van der Waals surface area contributed by atoms with Gasteiger partial charge in [-0.25, -0.2) is 27.8 Å². The number of anilines is 1. The van der Waals surface area contributed by atoms with E-state index in [4.69, 9.17) is 0 Å². The van der Waals surface area contributed by atoms with Gasteiger partial charge in [0.15, 0.2) is 9.84 Å². The predicted molar refractivity (Wildman–Crippen MR) is 103 cm³/mol. The molecule has 0 unspecified atom stereocenters. The van der Waals surface area contributed by atoms with Crippen molar-refractivity contribution in [1.82, 2.24) is 19.5 Å². The molecule has 0 aliphatic rings. The quantitative estimate of drug-likeness (QED) is 0.557. The van der Waals surface area contributed by atoms with E-state index in [1.54, 1.807) is 35.2 Å². The third-order valence-electron chi connectivity index (χ3n) is 4.29. The highest BCUT2D eigenvalue weighted by atomic mass is 32.2. The molecule has 1 N–H and O–H groups in total. The van der Waals surface area contributed by atoms with Crippen LogP contribution in [0.1, 0.15) is 5.56 Å². The fraction of sp³-hybridized carbons (Fsp3) is 0.105. The van der Waals surface area contributed by atoms with Gasteiger partial charge < -0.3 is 9.88 Å². The fourth-order valence-corrected chi connectivity index (χ4v) is 3.51. The number of nitrogens with one attached hydrogen (secondary N) is 1. The first-order valence-electron chi connectivity index (χ1n) is 8.37. The summed E-state index contributed by atoms with van der Waals surface area (Å²) in [6.45, 7) is 0.316. The van der Waals surface area contributed by atoms with Crippen LogP contribution in [0.5, 0.6) is 0 Å². The van der Waals surface area contributed by atoms with E-state index in [0.717, 1.165) is 6.26 Å². The van der Waals surface area contributed by atoms with Crippen LogP contribution in [-0.2, 0) is 16.4 Å². The van der Waals surface area contributed by atoms with E-state index in [9.17, 15) is 12.8 Å². The van der Waals surface area contributed by atoms with Crippen LogP contribution in [0.4, 0.5) is 10.2 Å². The van der Waals surface area contributed by atoms with Gasteiger partial charge in [-0.3, -0.25) is 0 Å². The van der Waals surface area contributed by atoms with Gasteiger partial charge in [0.1, 0.15) is 18.0 Å². The number of halogens is 1. The summed E-state index contributed by atoms with van der Waals surface area (Å²) in [6.07, 6.45) is 7.33. The molecule has 0 radical (unpaired) electrons. The largest absolute Gasteiger partial charge is 0.365 e. The minimum absolute atomic E-state index is 0.188. The van der Waals surface area contributed by atoms with Gasteiger partial charge in [-0.1, -0.05) is 6.07 Å². The van der Waals surface area contributed by atoms with Gasteiger partial charge in [0.05, 0.1) is 22.4 Å². The maximum Gasteiger partial charge on any atom is 0.175 e. The van der Waals surface area contributed by atoms with Crippen LogP contribution in [0.15, 0.2) is 66.3 Å². The second-order valence-electron chi connectivity index (χ2n) is 6.28. The summed E-state index contributed by atoms with van der Waals surface area (Å²) in [5.41, 5.74) is 1.74. The Hall–Kier alpha value is -3.33. The molecule has 2 aromatic heterocycles. The minimum atomic E-state index is -3.35. The number of hydrogen-bond donors (Lipinski definition) is 1. The first-order chi connectivity index (χ1) is 13.4. The minimum Gasteiger partial charge on any atom is -0.365 e. The van der Waals surface area contributed by atoms with Crippen molar-refractivity contribution in [1.29, 1.82) is 0 Å². The number of benzene rings is 2. The highest BCUT2D eigenvalue weighted by molar-refractivity contribution is 7.90. The standard InChI is InChI=1S/C19H16FN5O2S/c1-28(26,27)14-3-4-17-15(9-14)19(24-11-23-17)22-10-13-2-5-18(16(20)8-13)25-7-6-21-12-25/h2-9,11-12H,10H2,1H3,(H,22,23,24). The second kappa shape index (κ2) is 7.01. The summed E-state index contributed by atoms with van der Waals surface area (Å²) in [5, 5.41) is 3.72. The highest BCUT2D eigenvalue weighted by Crippen LogP contribution is 2.24. The number of rotatable bonds is 5. The lowest BCUT2D eigenvalue weighted by atomic mass is 10.2. The summed E-state index contributed by atoms with van der Waals surface area (Å²) < 4.78 is 39.7. The predicted octanol–water partition coefficient (Wildman–Crippen LogP) is 2.97. The molecule has 2 heterocycles. The molecular formula is C19H16FN5O2S. The van der Waals surface area contributed by atoms with Gasteiger partial charge in [-0.05, 0) is 35.9 Å². The Morgan fingerprint density at radius 3 is 2.71 bits per heavy atom. The molecule has 0 bridgehead atoms. The molecular weight excluding hydrogens is 381 g/mol. The van der Waals surface area contributed by atoms with Gasteiger partial charge in [-0.15, -0.1) is 0 Å². The number of imidazole rings is 1. The molecule has 0 amide bonds. The molecule has 0 aliphatic heterocycles. The fourth-order valence-electron chi connectivity index (χ4n) is 2.86. The summed E-state index contributed by atoms with van der Waals surface area (Å²) in [7, 11) is -3.35. The molecule has 4 aromatic rings. The molecule has 0 fully saturated rings. The number of fused-ring (bicyclic) bond motifs is 1.